The number of anilines is 1. The topological polar surface area (TPSA) is 56.6 Å². The number of aryl methyl sites for hydroxylation is 1. The van der Waals surface area contributed by atoms with Crippen LogP contribution in [0.15, 0.2) is 53.3 Å². The molecular formula is C23H29N3O3. The molecule has 0 unspecified atom stereocenters. The summed E-state index contributed by atoms with van der Waals surface area (Å²) in [6, 6.07) is 15.8. The zero-order valence-corrected chi connectivity index (χ0v) is 17.6. The number of nitrogens with zero attached hydrogens (tertiary/aromatic N) is 3. The first kappa shape index (κ1) is 21.0. The summed E-state index contributed by atoms with van der Waals surface area (Å²) >= 11 is 0. The van der Waals surface area contributed by atoms with Gasteiger partial charge in [0.2, 0.25) is 0 Å². The first-order valence-corrected chi connectivity index (χ1v) is 9.81. The van der Waals surface area contributed by atoms with E-state index in [0.29, 0.717) is 36.4 Å². The van der Waals surface area contributed by atoms with Gasteiger partial charge in [0.05, 0.1) is 30.2 Å². The van der Waals surface area contributed by atoms with Gasteiger partial charge in [-0.3, -0.25) is 9.36 Å². The first-order chi connectivity index (χ1) is 14.0. The highest BCUT2D eigenvalue weighted by molar-refractivity contribution is 5.81. The fraction of sp³-hybridized carbons (Fsp3) is 0.391. The Hall–Kier alpha value is -2.70. The molecule has 6 nitrogen and oxygen atoms in total. The molecule has 1 heterocycles. The van der Waals surface area contributed by atoms with Gasteiger partial charge in [-0.25, -0.2) is 4.98 Å². The first-order valence-electron chi connectivity index (χ1n) is 9.81. The smallest absolute Gasteiger partial charge is 0.261 e. The minimum absolute atomic E-state index is 0.0347. The quantitative estimate of drug-likeness (QED) is 0.557. The van der Waals surface area contributed by atoms with Crippen molar-refractivity contribution < 1.29 is 9.47 Å². The second kappa shape index (κ2) is 9.67. The zero-order valence-electron chi connectivity index (χ0n) is 17.6. The molecule has 0 spiro atoms. The Morgan fingerprint density at radius 2 is 1.86 bits per heavy atom. The number of methoxy groups -OCH3 is 2. The highest BCUT2D eigenvalue weighted by Gasteiger charge is 2.19. The van der Waals surface area contributed by atoms with Crippen LogP contribution in [-0.4, -0.2) is 50.6 Å². The molecule has 0 N–H and O–H groups in total. The van der Waals surface area contributed by atoms with Crippen molar-refractivity contribution in [2.24, 2.45) is 0 Å². The highest BCUT2D eigenvalue weighted by Crippen LogP contribution is 2.21. The third-order valence-electron chi connectivity index (χ3n) is 5.17. The average Bonchev–Trinajstić information content (AvgIpc) is 2.72. The molecular weight excluding hydrogens is 366 g/mol. The van der Waals surface area contributed by atoms with Crippen molar-refractivity contribution in [3.63, 3.8) is 0 Å². The molecule has 0 aliphatic carbocycles. The summed E-state index contributed by atoms with van der Waals surface area (Å²) < 4.78 is 12.4. The lowest BCUT2D eigenvalue weighted by Gasteiger charge is -2.23. The van der Waals surface area contributed by atoms with Gasteiger partial charge in [0.1, 0.15) is 5.82 Å². The number of benzene rings is 2. The minimum atomic E-state index is -0.123. The standard InChI is InChI=1S/C23H29N3O3/c1-17-24-22-11-10-19(25(2)12-13-28-3)15-21(22)23(27)26(17)20(16-29-4)14-18-8-6-5-7-9-18/h5-11,15,20H,12-14,16H2,1-4H3/t20-/m0/s1. The number of aromatic nitrogens is 2. The van der Waals surface area contributed by atoms with Crippen LogP contribution in [-0.2, 0) is 15.9 Å². The Morgan fingerprint density at radius 1 is 1.10 bits per heavy atom. The molecule has 0 aliphatic rings. The number of ether oxygens (including phenoxy) is 2. The minimum Gasteiger partial charge on any atom is -0.383 e. The molecule has 0 aliphatic heterocycles. The lowest BCUT2D eigenvalue weighted by Crippen LogP contribution is -2.32. The van der Waals surface area contributed by atoms with Gasteiger partial charge >= 0.3 is 0 Å². The van der Waals surface area contributed by atoms with Gasteiger partial charge in [0, 0.05) is 33.5 Å². The Balaban J connectivity index is 2.04. The summed E-state index contributed by atoms with van der Waals surface area (Å²) in [7, 11) is 5.33. The van der Waals surface area contributed by atoms with Crippen molar-refractivity contribution in [1.29, 1.82) is 0 Å². The summed E-state index contributed by atoms with van der Waals surface area (Å²) in [5, 5.41) is 0.617. The summed E-state index contributed by atoms with van der Waals surface area (Å²) in [6.07, 6.45) is 0.704. The van der Waals surface area contributed by atoms with E-state index in [9.17, 15) is 4.79 Å². The van der Waals surface area contributed by atoms with E-state index >= 15 is 0 Å². The number of hydrogen-bond donors (Lipinski definition) is 0. The molecule has 154 valence electrons. The van der Waals surface area contributed by atoms with Crippen LogP contribution in [0.2, 0.25) is 0 Å². The van der Waals surface area contributed by atoms with Crippen LogP contribution in [0.4, 0.5) is 5.69 Å². The molecule has 0 fully saturated rings. The molecule has 3 rings (SSSR count). The van der Waals surface area contributed by atoms with Crippen LogP contribution >= 0.6 is 0 Å². The van der Waals surface area contributed by atoms with Gasteiger partial charge in [-0.2, -0.15) is 0 Å². The predicted octanol–water partition coefficient (Wildman–Crippen LogP) is 3.22. The van der Waals surface area contributed by atoms with E-state index in [1.54, 1.807) is 18.8 Å². The van der Waals surface area contributed by atoms with Crippen LogP contribution < -0.4 is 10.5 Å². The third kappa shape index (κ3) is 4.83. The molecule has 0 bridgehead atoms. The maximum Gasteiger partial charge on any atom is 0.261 e. The zero-order chi connectivity index (χ0) is 20.8. The number of fused-ring (bicyclic) bond motifs is 1. The van der Waals surface area contributed by atoms with Crippen molar-refractivity contribution in [3.05, 3.63) is 70.3 Å². The predicted molar refractivity (Wildman–Crippen MR) is 117 cm³/mol. The molecule has 0 saturated heterocycles. The van der Waals surface area contributed by atoms with Crippen molar-refractivity contribution >= 4 is 16.6 Å². The molecule has 2 aromatic carbocycles. The van der Waals surface area contributed by atoms with Gasteiger partial charge in [0.15, 0.2) is 0 Å². The Morgan fingerprint density at radius 3 is 2.55 bits per heavy atom. The second-order valence-corrected chi connectivity index (χ2v) is 7.25. The maximum absolute atomic E-state index is 13.5. The van der Waals surface area contributed by atoms with Crippen LogP contribution in [0.25, 0.3) is 10.9 Å². The molecule has 0 amide bonds. The molecule has 6 heteroatoms. The SMILES string of the molecule is COCCN(C)c1ccc2nc(C)n([C@H](COC)Cc3ccccc3)c(=O)c2c1. The second-order valence-electron chi connectivity index (χ2n) is 7.25. The molecule has 0 radical (unpaired) electrons. The van der Waals surface area contributed by atoms with E-state index in [1.165, 1.54) is 0 Å². The molecule has 1 atom stereocenters. The fourth-order valence-electron chi connectivity index (χ4n) is 3.63. The van der Waals surface area contributed by atoms with Crippen molar-refractivity contribution in [3.8, 4) is 0 Å². The number of hydrogen-bond acceptors (Lipinski definition) is 5. The van der Waals surface area contributed by atoms with Gasteiger partial charge in [-0.15, -0.1) is 0 Å². The Bertz CT molecular complexity index is 1000. The average molecular weight is 396 g/mol. The lowest BCUT2D eigenvalue weighted by molar-refractivity contribution is 0.152. The van der Waals surface area contributed by atoms with Crippen molar-refractivity contribution in [2.75, 3.05) is 45.9 Å². The van der Waals surface area contributed by atoms with Crippen LogP contribution in [0.5, 0.6) is 0 Å². The van der Waals surface area contributed by atoms with E-state index < -0.39 is 0 Å². The van der Waals surface area contributed by atoms with Gasteiger partial charge in [-0.05, 0) is 37.1 Å². The van der Waals surface area contributed by atoms with E-state index in [-0.39, 0.29) is 11.6 Å². The molecule has 29 heavy (non-hydrogen) atoms. The number of likely N-dealkylation sites (N-methyl/N-ethyl adjacent to an activating group) is 1. The molecule has 1 aromatic heterocycles. The monoisotopic (exact) mass is 395 g/mol. The van der Waals surface area contributed by atoms with E-state index in [2.05, 4.69) is 17.0 Å². The van der Waals surface area contributed by atoms with Gasteiger partial charge in [-0.1, -0.05) is 30.3 Å². The molecule has 3 aromatic rings. The van der Waals surface area contributed by atoms with Crippen LogP contribution in [0.1, 0.15) is 17.4 Å². The highest BCUT2D eigenvalue weighted by atomic mass is 16.5. The third-order valence-corrected chi connectivity index (χ3v) is 5.17. The summed E-state index contributed by atoms with van der Waals surface area (Å²) in [4.78, 5) is 20.2. The Kier molecular flexibility index (Phi) is 7.01. The summed E-state index contributed by atoms with van der Waals surface area (Å²) in [6.45, 7) is 3.69. The summed E-state index contributed by atoms with van der Waals surface area (Å²) in [5.41, 5.74) is 2.81. The van der Waals surface area contributed by atoms with E-state index in [1.807, 2.05) is 50.4 Å². The fourth-order valence-corrected chi connectivity index (χ4v) is 3.63. The lowest BCUT2D eigenvalue weighted by atomic mass is 10.1. The number of rotatable bonds is 9. The van der Waals surface area contributed by atoms with Crippen molar-refractivity contribution in [2.45, 2.75) is 19.4 Å². The summed E-state index contributed by atoms with van der Waals surface area (Å²) in [5.74, 6) is 0.695. The van der Waals surface area contributed by atoms with Crippen LogP contribution in [0.3, 0.4) is 0 Å². The maximum atomic E-state index is 13.5. The van der Waals surface area contributed by atoms with Crippen LogP contribution in [0, 0.1) is 6.92 Å². The molecule has 0 saturated carbocycles. The largest absolute Gasteiger partial charge is 0.383 e. The normalized spacial score (nSPS) is 12.3. The van der Waals surface area contributed by atoms with E-state index in [0.717, 1.165) is 17.8 Å². The van der Waals surface area contributed by atoms with Crippen molar-refractivity contribution in [1.82, 2.24) is 9.55 Å². The van der Waals surface area contributed by atoms with Gasteiger partial charge < -0.3 is 14.4 Å². The van der Waals surface area contributed by atoms with Gasteiger partial charge in [0.25, 0.3) is 5.56 Å². The Labute approximate surface area is 171 Å². The van der Waals surface area contributed by atoms with E-state index in [4.69, 9.17) is 14.5 Å².